The highest BCUT2D eigenvalue weighted by Gasteiger charge is 2.29. The van der Waals surface area contributed by atoms with Gasteiger partial charge in [0, 0.05) is 11.7 Å². The molecule has 7 N–H and O–H groups in total. The molecule has 0 saturated heterocycles. The van der Waals surface area contributed by atoms with Crippen molar-refractivity contribution in [1.29, 1.82) is 0 Å². The fraction of sp³-hybridized carbons (Fsp3) is 0.429. The second kappa shape index (κ2) is 8.73. The molecule has 0 radical (unpaired) electrons. The molecule has 21 heavy (non-hydrogen) atoms. The van der Waals surface area contributed by atoms with Crippen molar-refractivity contribution in [3.05, 3.63) is 36.5 Å². The van der Waals surface area contributed by atoms with Crippen LogP contribution in [0, 0.1) is 0 Å². The van der Waals surface area contributed by atoms with Gasteiger partial charge in [-0.2, -0.15) is 0 Å². The van der Waals surface area contributed by atoms with Gasteiger partial charge in [-0.3, -0.25) is 0 Å². The van der Waals surface area contributed by atoms with Gasteiger partial charge in [-0.25, -0.2) is 0 Å². The minimum Gasteiger partial charge on any atom is -0.394 e. The number of rotatable bonds is 5. The Morgan fingerprint density at radius 1 is 0.810 bits per heavy atom. The van der Waals surface area contributed by atoms with Gasteiger partial charge in [-0.1, -0.05) is 18.2 Å². The minimum atomic E-state index is -1.67. The zero-order valence-electron chi connectivity index (χ0n) is 11.4. The topological polar surface area (TPSA) is 137 Å². The molecule has 1 heterocycles. The van der Waals surface area contributed by atoms with E-state index in [1.165, 1.54) is 10.9 Å². The number of para-hydroxylation sites is 1. The summed E-state index contributed by atoms with van der Waals surface area (Å²) in [4.78, 5) is 3.12. The van der Waals surface area contributed by atoms with E-state index in [4.69, 9.17) is 30.6 Å². The third kappa shape index (κ3) is 5.09. The third-order valence-electron chi connectivity index (χ3n) is 2.97. The molecule has 2 aromatic rings. The molecule has 118 valence electrons. The second-order valence-corrected chi connectivity index (χ2v) is 4.55. The summed E-state index contributed by atoms with van der Waals surface area (Å²) in [6.45, 7) is -1.45. The van der Waals surface area contributed by atoms with Gasteiger partial charge >= 0.3 is 0 Å². The van der Waals surface area contributed by atoms with Gasteiger partial charge in [0.2, 0.25) is 0 Å². The van der Waals surface area contributed by atoms with Gasteiger partial charge in [0.15, 0.2) is 0 Å². The molecule has 0 amide bonds. The summed E-state index contributed by atoms with van der Waals surface area (Å²) < 4.78 is 0. The molecule has 1 aromatic heterocycles. The van der Waals surface area contributed by atoms with E-state index in [0.717, 1.165) is 0 Å². The largest absolute Gasteiger partial charge is 0.394 e. The molecule has 0 bridgehead atoms. The van der Waals surface area contributed by atoms with Crippen LogP contribution in [0.25, 0.3) is 10.9 Å². The fourth-order valence-electron chi connectivity index (χ4n) is 1.67. The van der Waals surface area contributed by atoms with Crippen LogP contribution in [0.2, 0.25) is 0 Å². The monoisotopic (exact) mass is 299 g/mol. The molecule has 2 rings (SSSR count). The molecule has 0 spiro atoms. The first-order chi connectivity index (χ1) is 10.0. The average Bonchev–Trinajstić information content (AvgIpc) is 3.01. The SMILES string of the molecule is OC[C@@H](O)[C@@H](O)[C@H](O)[C@H](O)CO.c1ccc2[nH]ccc2c1. The maximum absolute atomic E-state index is 8.96. The Bertz CT molecular complexity index is 473. The molecular weight excluding hydrogens is 278 g/mol. The fourth-order valence-corrected chi connectivity index (χ4v) is 1.67. The molecule has 7 nitrogen and oxygen atoms in total. The van der Waals surface area contributed by atoms with E-state index in [1.54, 1.807) is 0 Å². The summed E-state index contributed by atoms with van der Waals surface area (Å²) in [5.41, 5.74) is 1.21. The van der Waals surface area contributed by atoms with Crippen LogP contribution in [-0.2, 0) is 0 Å². The second-order valence-electron chi connectivity index (χ2n) is 4.55. The number of aliphatic hydroxyl groups excluding tert-OH is 6. The highest BCUT2D eigenvalue weighted by atomic mass is 16.4. The number of nitrogens with one attached hydrogen (secondary N) is 1. The minimum absolute atomic E-state index is 0.726. The van der Waals surface area contributed by atoms with E-state index in [1.807, 2.05) is 18.3 Å². The number of aromatic nitrogens is 1. The van der Waals surface area contributed by atoms with Gasteiger partial charge in [-0.05, 0) is 17.5 Å². The highest BCUT2D eigenvalue weighted by Crippen LogP contribution is 2.09. The number of hydrogen-bond acceptors (Lipinski definition) is 6. The standard InChI is InChI=1S/C8H7N.C6H14O6/c1-2-4-8-7(3-1)5-6-9-8;7-1-3(9)5(11)6(12)4(10)2-8/h1-6,9H;3-12H,1-2H2/t;3-,4-,5-,6-/m.1/s1. The molecule has 0 fully saturated rings. The molecule has 0 aliphatic heterocycles. The van der Waals surface area contributed by atoms with Crippen molar-refractivity contribution >= 4 is 10.9 Å². The predicted molar refractivity (Wildman–Crippen MR) is 76.5 cm³/mol. The van der Waals surface area contributed by atoms with E-state index >= 15 is 0 Å². The molecule has 0 saturated carbocycles. The van der Waals surface area contributed by atoms with E-state index in [9.17, 15) is 0 Å². The maximum atomic E-state index is 8.96. The first-order valence-corrected chi connectivity index (χ1v) is 6.47. The smallest absolute Gasteiger partial charge is 0.111 e. The zero-order valence-corrected chi connectivity index (χ0v) is 11.4. The van der Waals surface area contributed by atoms with Crippen molar-refractivity contribution in [3.8, 4) is 0 Å². The van der Waals surface area contributed by atoms with Gasteiger partial charge in [0.05, 0.1) is 13.2 Å². The normalized spacial score (nSPS) is 16.7. The lowest BCUT2D eigenvalue weighted by Crippen LogP contribution is -2.46. The third-order valence-corrected chi connectivity index (χ3v) is 2.97. The Labute approximate surface area is 121 Å². The number of benzene rings is 1. The Kier molecular flexibility index (Phi) is 7.30. The van der Waals surface area contributed by atoms with E-state index in [0.29, 0.717) is 0 Å². The lowest BCUT2D eigenvalue weighted by molar-refractivity contribution is -0.123. The molecular formula is C14H21NO6. The molecule has 1 aromatic carbocycles. The number of hydrogen-bond donors (Lipinski definition) is 7. The van der Waals surface area contributed by atoms with Gasteiger partial charge < -0.3 is 35.6 Å². The number of aromatic amines is 1. The van der Waals surface area contributed by atoms with Crippen molar-refractivity contribution < 1.29 is 30.6 Å². The summed E-state index contributed by atoms with van der Waals surface area (Å²) in [6, 6.07) is 10.3. The molecule has 0 unspecified atom stereocenters. The van der Waals surface area contributed by atoms with Gasteiger partial charge in [0.1, 0.15) is 24.4 Å². The van der Waals surface area contributed by atoms with Crippen LogP contribution < -0.4 is 0 Å². The maximum Gasteiger partial charge on any atom is 0.111 e. The van der Waals surface area contributed by atoms with Gasteiger partial charge in [0.25, 0.3) is 0 Å². The summed E-state index contributed by atoms with van der Waals surface area (Å²) in [5, 5.41) is 53.5. The first-order valence-electron chi connectivity index (χ1n) is 6.47. The quantitative estimate of drug-likeness (QED) is 0.362. The molecule has 4 atom stereocenters. The molecule has 0 aliphatic carbocycles. The number of fused-ring (bicyclic) bond motifs is 1. The van der Waals surface area contributed by atoms with Crippen LogP contribution in [-0.4, -0.2) is 73.3 Å². The lowest BCUT2D eigenvalue weighted by atomic mass is 10.0. The van der Waals surface area contributed by atoms with Crippen molar-refractivity contribution in [2.45, 2.75) is 24.4 Å². The Morgan fingerprint density at radius 3 is 1.81 bits per heavy atom. The van der Waals surface area contributed by atoms with Crippen molar-refractivity contribution in [3.63, 3.8) is 0 Å². The Morgan fingerprint density at radius 2 is 1.33 bits per heavy atom. The first kappa shape index (κ1) is 17.6. The Balaban J connectivity index is 0.000000216. The van der Waals surface area contributed by atoms with Gasteiger partial charge in [-0.15, -0.1) is 0 Å². The van der Waals surface area contributed by atoms with E-state index in [-0.39, 0.29) is 0 Å². The zero-order chi connectivity index (χ0) is 15.8. The van der Waals surface area contributed by atoms with Crippen molar-refractivity contribution in [2.75, 3.05) is 13.2 Å². The molecule has 0 aliphatic rings. The van der Waals surface area contributed by atoms with E-state index < -0.39 is 37.6 Å². The van der Waals surface area contributed by atoms with Crippen LogP contribution in [0.5, 0.6) is 0 Å². The molecule has 7 heteroatoms. The van der Waals surface area contributed by atoms with Crippen molar-refractivity contribution in [1.82, 2.24) is 4.98 Å². The lowest BCUT2D eigenvalue weighted by Gasteiger charge is -2.24. The van der Waals surface area contributed by atoms with Crippen LogP contribution in [0.4, 0.5) is 0 Å². The van der Waals surface area contributed by atoms with Crippen LogP contribution in [0.3, 0.4) is 0 Å². The Hall–Kier alpha value is -1.48. The number of H-pyrrole nitrogens is 1. The summed E-state index contributed by atoms with van der Waals surface area (Å²) >= 11 is 0. The average molecular weight is 299 g/mol. The predicted octanol–water partition coefficient (Wildman–Crippen LogP) is -1.42. The van der Waals surface area contributed by atoms with Crippen LogP contribution >= 0.6 is 0 Å². The van der Waals surface area contributed by atoms with E-state index in [2.05, 4.69) is 23.2 Å². The summed E-state index contributed by atoms with van der Waals surface area (Å²) in [5.74, 6) is 0. The highest BCUT2D eigenvalue weighted by molar-refractivity contribution is 5.78. The van der Waals surface area contributed by atoms with Crippen LogP contribution in [0.1, 0.15) is 0 Å². The van der Waals surface area contributed by atoms with Crippen LogP contribution in [0.15, 0.2) is 36.5 Å². The number of aliphatic hydroxyl groups is 6. The summed E-state index contributed by atoms with van der Waals surface area (Å²) in [7, 11) is 0. The summed E-state index contributed by atoms with van der Waals surface area (Å²) in [6.07, 6.45) is -4.44. The van der Waals surface area contributed by atoms with Crippen molar-refractivity contribution in [2.24, 2.45) is 0 Å².